The van der Waals surface area contributed by atoms with Gasteiger partial charge in [0.15, 0.2) is 0 Å². The third-order valence-corrected chi connectivity index (χ3v) is 4.86. The van der Waals surface area contributed by atoms with Crippen molar-refractivity contribution in [3.8, 4) is 11.5 Å². The lowest BCUT2D eigenvalue weighted by molar-refractivity contribution is 0.306. The van der Waals surface area contributed by atoms with E-state index in [1.165, 1.54) is 5.56 Å². The average molecular weight is 376 g/mol. The Bertz CT molecular complexity index is 848. The molecule has 1 N–H and O–H groups in total. The minimum Gasteiger partial charge on any atom is -0.491 e. The number of anilines is 1. The van der Waals surface area contributed by atoms with Crippen molar-refractivity contribution in [2.75, 3.05) is 18.5 Å². The van der Waals surface area contributed by atoms with Crippen molar-refractivity contribution < 1.29 is 9.47 Å². The Morgan fingerprint density at radius 3 is 2.25 bits per heavy atom. The highest BCUT2D eigenvalue weighted by molar-refractivity contribution is 5.56. The van der Waals surface area contributed by atoms with Gasteiger partial charge < -0.3 is 14.8 Å². The second-order valence-corrected chi connectivity index (χ2v) is 6.89. The van der Waals surface area contributed by atoms with Crippen LogP contribution in [0.15, 0.2) is 78.9 Å². The first-order valence-corrected chi connectivity index (χ1v) is 9.99. The molecule has 0 radical (unpaired) electrons. The molecule has 0 amide bonds. The molecule has 1 unspecified atom stereocenters. The van der Waals surface area contributed by atoms with Crippen molar-refractivity contribution in [1.29, 1.82) is 0 Å². The van der Waals surface area contributed by atoms with Gasteiger partial charge in [-0.2, -0.15) is 0 Å². The monoisotopic (exact) mass is 375 g/mol. The Hall–Kier alpha value is -2.94. The standard InChI is InChI=1S/C25H29NO2/c1-3-20(2)22-13-7-9-15-24(22)27-18-17-26-23-14-8-10-16-25(23)28-19-21-11-5-4-6-12-21/h4-16,20,26H,3,17-19H2,1-2H3. The summed E-state index contributed by atoms with van der Waals surface area (Å²) in [6.07, 6.45) is 1.10. The van der Waals surface area contributed by atoms with Gasteiger partial charge in [0.1, 0.15) is 24.7 Å². The first-order valence-electron chi connectivity index (χ1n) is 9.99. The quantitative estimate of drug-likeness (QED) is 0.424. The molecule has 28 heavy (non-hydrogen) atoms. The molecular weight excluding hydrogens is 346 g/mol. The van der Waals surface area contributed by atoms with Crippen molar-refractivity contribution in [3.63, 3.8) is 0 Å². The third kappa shape index (κ3) is 5.53. The predicted octanol–water partition coefficient (Wildman–Crippen LogP) is 6.27. The predicted molar refractivity (Wildman–Crippen MR) is 116 cm³/mol. The lowest BCUT2D eigenvalue weighted by Crippen LogP contribution is -2.13. The van der Waals surface area contributed by atoms with Gasteiger partial charge in [-0.3, -0.25) is 0 Å². The summed E-state index contributed by atoms with van der Waals surface area (Å²) in [7, 11) is 0. The molecule has 0 bridgehead atoms. The molecule has 3 nitrogen and oxygen atoms in total. The Morgan fingerprint density at radius 1 is 0.786 bits per heavy atom. The molecular formula is C25H29NO2. The minimum atomic E-state index is 0.497. The number of nitrogens with one attached hydrogen (secondary N) is 1. The smallest absolute Gasteiger partial charge is 0.142 e. The van der Waals surface area contributed by atoms with Crippen molar-refractivity contribution in [3.05, 3.63) is 90.0 Å². The first-order chi connectivity index (χ1) is 13.8. The van der Waals surface area contributed by atoms with Gasteiger partial charge in [0.2, 0.25) is 0 Å². The van der Waals surface area contributed by atoms with E-state index in [0.29, 0.717) is 25.7 Å². The maximum Gasteiger partial charge on any atom is 0.142 e. The fourth-order valence-corrected chi connectivity index (χ4v) is 3.06. The number of para-hydroxylation sites is 3. The normalized spacial score (nSPS) is 11.6. The van der Waals surface area contributed by atoms with E-state index in [4.69, 9.17) is 9.47 Å². The second-order valence-electron chi connectivity index (χ2n) is 6.89. The van der Waals surface area contributed by atoms with E-state index >= 15 is 0 Å². The van der Waals surface area contributed by atoms with E-state index in [9.17, 15) is 0 Å². The van der Waals surface area contributed by atoms with Crippen molar-refractivity contribution in [2.45, 2.75) is 32.8 Å². The van der Waals surface area contributed by atoms with Gasteiger partial charge in [-0.15, -0.1) is 0 Å². The Kier molecular flexibility index (Phi) is 7.36. The number of hydrogen-bond donors (Lipinski definition) is 1. The maximum atomic E-state index is 6.05. The van der Waals surface area contributed by atoms with Gasteiger partial charge in [-0.05, 0) is 41.7 Å². The highest BCUT2D eigenvalue weighted by atomic mass is 16.5. The Balaban J connectivity index is 1.53. The van der Waals surface area contributed by atoms with Crippen LogP contribution in [-0.2, 0) is 6.61 Å². The highest BCUT2D eigenvalue weighted by Crippen LogP contribution is 2.28. The zero-order valence-electron chi connectivity index (χ0n) is 16.7. The number of benzene rings is 3. The average Bonchev–Trinajstić information content (AvgIpc) is 2.76. The van der Waals surface area contributed by atoms with E-state index in [2.05, 4.69) is 49.5 Å². The molecule has 0 fully saturated rings. The van der Waals surface area contributed by atoms with Gasteiger partial charge in [-0.25, -0.2) is 0 Å². The molecule has 0 saturated heterocycles. The molecule has 0 aliphatic rings. The van der Waals surface area contributed by atoms with E-state index in [1.54, 1.807) is 0 Å². The molecule has 3 rings (SSSR count). The third-order valence-electron chi connectivity index (χ3n) is 4.86. The van der Waals surface area contributed by atoms with Crippen LogP contribution in [0.3, 0.4) is 0 Å². The minimum absolute atomic E-state index is 0.497. The van der Waals surface area contributed by atoms with Crippen LogP contribution in [0.25, 0.3) is 0 Å². The lowest BCUT2D eigenvalue weighted by atomic mass is 9.98. The van der Waals surface area contributed by atoms with Crippen LogP contribution >= 0.6 is 0 Å². The largest absolute Gasteiger partial charge is 0.491 e. The first kappa shape index (κ1) is 19.8. The summed E-state index contributed by atoms with van der Waals surface area (Å²) in [4.78, 5) is 0. The van der Waals surface area contributed by atoms with E-state index in [-0.39, 0.29) is 0 Å². The van der Waals surface area contributed by atoms with Crippen LogP contribution in [0.5, 0.6) is 11.5 Å². The van der Waals surface area contributed by atoms with Gasteiger partial charge in [0.25, 0.3) is 0 Å². The summed E-state index contributed by atoms with van der Waals surface area (Å²) in [5.74, 6) is 2.33. The summed E-state index contributed by atoms with van der Waals surface area (Å²) >= 11 is 0. The zero-order valence-corrected chi connectivity index (χ0v) is 16.7. The molecule has 3 aromatic rings. The SMILES string of the molecule is CCC(C)c1ccccc1OCCNc1ccccc1OCc1ccccc1. The van der Waals surface area contributed by atoms with Gasteiger partial charge in [0, 0.05) is 6.54 Å². The van der Waals surface area contributed by atoms with E-state index < -0.39 is 0 Å². The van der Waals surface area contributed by atoms with Crippen LogP contribution in [0, 0.1) is 0 Å². The molecule has 3 heteroatoms. The lowest BCUT2D eigenvalue weighted by Gasteiger charge is -2.17. The molecule has 0 aromatic heterocycles. The van der Waals surface area contributed by atoms with Crippen LogP contribution < -0.4 is 14.8 Å². The summed E-state index contributed by atoms with van der Waals surface area (Å²) in [6, 6.07) is 26.5. The summed E-state index contributed by atoms with van der Waals surface area (Å²) in [5, 5.41) is 3.43. The number of ether oxygens (including phenoxy) is 2. The molecule has 3 aromatic carbocycles. The topological polar surface area (TPSA) is 30.5 Å². The summed E-state index contributed by atoms with van der Waals surface area (Å²) < 4.78 is 12.0. The van der Waals surface area contributed by atoms with Crippen molar-refractivity contribution >= 4 is 5.69 Å². The maximum absolute atomic E-state index is 6.05. The number of rotatable bonds is 10. The van der Waals surface area contributed by atoms with Crippen molar-refractivity contribution in [1.82, 2.24) is 0 Å². The molecule has 0 heterocycles. The van der Waals surface area contributed by atoms with Gasteiger partial charge in [-0.1, -0.05) is 74.5 Å². The van der Waals surface area contributed by atoms with Crippen LogP contribution in [0.1, 0.15) is 37.3 Å². The Labute approximate surface area is 168 Å². The zero-order chi connectivity index (χ0) is 19.6. The molecule has 0 aliphatic heterocycles. The fourth-order valence-electron chi connectivity index (χ4n) is 3.06. The molecule has 1 atom stereocenters. The molecule has 146 valence electrons. The van der Waals surface area contributed by atoms with Crippen LogP contribution in [-0.4, -0.2) is 13.2 Å². The fraction of sp³-hybridized carbons (Fsp3) is 0.280. The second kappa shape index (κ2) is 10.4. The van der Waals surface area contributed by atoms with Crippen molar-refractivity contribution in [2.24, 2.45) is 0 Å². The molecule has 0 aliphatic carbocycles. The number of hydrogen-bond acceptors (Lipinski definition) is 3. The van der Waals surface area contributed by atoms with E-state index in [0.717, 1.165) is 29.2 Å². The molecule has 0 spiro atoms. The van der Waals surface area contributed by atoms with Crippen LogP contribution in [0.4, 0.5) is 5.69 Å². The molecule has 0 saturated carbocycles. The van der Waals surface area contributed by atoms with Gasteiger partial charge in [0.05, 0.1) is 5.69 Å². The van der Waals surface area contributed by atoms with E-state index in [1.807, 2.05) is 48.5 Å². The van der Waals surface area contributed by atoms with Gasteiger partial charge >= 0.3 is 0 Å². The van der Waals surface area contributed by atoms with Crippen LogP contribution in [0.2, 0.25) is 0 Å². The summed E-state index contributed by atoms with van der Waals surface area (Å²) in [6.45, 7) is 6.30. The Morgan fingerprint density at radius 2 is 1.46 bits per heavy atom. The summed E-state index contributed by atoms with van der Waals surface area (Å²) in [5.41, 5.74) is 3.41. The highest BCUT2D eigenvalue weighted by Gasteiger charge is 2.09.